The van der Waals surface area contributed by atoms with Crippen molar-refractivity contribution in [3.05, 3.63) is 55.1 Å². The molecule has 0 aliphatic carbocycles. The number of halogens is 1. The number of nitrogens with one attached hydrogen (secondary N) is 2. The SMILES string of the molecule is COc1ccc(O)c(NC(=O)Cn2cc[n+](CC(=O)Nc3cc(OC)ccc3O)c2)c1.[Cl-]. The minimum absolute atomic E-state index is 0. The Morgan fingerprint density at radius 2 is 1.47 bits per heavy atom. The van der Waals surface area contributed by atoms with Gasteiger partial charge in [-0.25, -0.2) is 9.13 Å². The highest BCUT2D eigenvalue weighted by molar-refractivity contribution is 5.92. The highest BCUT2D eigenvalue weighted by atomic mass is 35.5. The number of hydrogen-bond acceptors (Lipinski definition) is 6. The summed E-state index contributed by atoms with van der Waals surface area (Å²) in [6, 6.07) is 9.04. The van der Waals surface area contributed by atoms with E-state index in [2.05, 4.69) is 10.6 Å². The van der Waals surface area contributed by atoms with Gasteiger partial charge >= 0.3 is 0 Å². The third-order valence-electron chi connectivity index (χ3n) is 4.35. The predicted molar refractivity (Wildman–Crippen MR) is 111 cm³/mol. The maximum atomic E-state index is 12.3. The standard InChI is InChI=1S/C21H22N4O6.ClH/c1-30-14-3-5-18(26)16(9-14)22-20(28)11-24-7-8-25(13-24)12-21(29)23-17-10-15(31-2)4-6-19(17)27;/h3-10,13H,11-12H2,1-2H3,(H3-,22,23,26,27,28,29);1H. The molecule has 0 unspecified atom stereocenters. The second kappa shape index (κ2) is 10.9. The summed E-state index contributed by atoms with van der Waals surface area (Å²) in [4.78, 5) is 24.6. The first kappa shape index (κ1) is 24.4. The molecule has 0 atom stereocenters. The molecule has 0 radical (unpaired) electrons. The highest BCUT2D eigenvalue weighted by Crippen LogP contribution is 2.28. The van der Waals surface area contributed by atoms with Gasteiger partial charge < -0.3 is 42.7 Å². The lowest BCUT2D eigenvalue weighted by atomic mass is 10.2. The molecular weight excluding hydrogens is 440 g/mol. The molecule has 0 aliphatic heterocycles. The molecule has 32 heavy (non-hydrogen) atoms. The average molecular weight is 463 g/mol. The van der Waals surface area contributed by atoms with Crippen molar-refractivity contribution in [2.75, 3.05) is 24.9 Å². The van der Waals surface area contributed by atoms with Crippen molar-refractivity contribution in [2.45, 2.75) is 13.1 Å². The van der Waals surface area contributed by atoms with Crippen LogP contribution in [0.3, 0.4) is 0 Å². The smallest absolute Gasteiger partial charge is 0.266 e. The van der Waals surface area contributed by atoms with Gasteiger partial charge in [0.2, 0.25) is 6.33 Å². The zero-order chi connectivity index (χ0) is 22.4. The van der Waals surface area contributed by atoms with Crippen LogP contribution < -0.4 is 37.1 Å². The fraction of sp³-hybridized carbons (Fsp3) is 0.190. The highest BCUT2D eigenvalue weighted by Gasteiger charge is 2.15. The van der Waals surface area contributed by atoms with Gasteiger partial charge in [-0.15, -0.1) is 0 Å². The Kier molecular flexibility index (Phi) is 8.31. The first-order valence-electron chi connectivity index (χ1n) is 9.26. The van der Waals surface area contributed by atoms with E-state index >= 15 is 0 Å². The second-order valence-corrected chi connectivity index (χ2v) is 6.62. The summed E-state index contributed by atoms with van der Waals surface area (Å²) in [5, 5.41) is 25.0. The van der Waals surface area contributed by atoms with E-state index in [1.807, 2.05) is 0 Å². The molecule has 4 N–H and O–H groups in total. The molecule has 170 valence electrons. The molecule has 0 fully saturated rings. The van der Waals surface area contributed by atoms with Gasteiger partial charge in [0.05, 0.1) is 25.6 Å². The number of rotatable bonds is 8. The predicted octanol–water partition coefficient (Wildman–Crippen LogP) is -1.51. The number of amides is 2. The molecular formula is C21H23ClN4O6. The third kappa shape index (κ3) is 6.29. The van der Waals surface area contributed by atoms with Crippen molar-refractivity contribution < 1.29 is 46.2 Å². The van der Waals surface area contributed by atoms with E-state index in [4.69, 9.17) is 9.47 Å². The van der Waals surface area contributed by atoms with Gasteiger partial charge in [0, 0.05) is 12.1 Å². The monoisotopic (exact) mass is 462 g/mol. The summed E-state index contributed by atoms with van der Waals surface area (Å²) in [6.07, 6.45) is 4.87. The number of methoxy groups -OCH3 is 2. The Bertz CT molecular complexity index is 1020. The number of benzene rings is 2. The Hall–Kier alpha value is -3.92. The Morgan fingerprint density at radius 1 is 0.938 bits per heavy atom. The van der Waals surface area contributed by atoms with Gasteiger partial charge in [-0.1, -0.05) is 0 Å². The maximum absolute atomic E-state index is 12.3. The second-order valence-electron chi connectivity index (χ2n) is 6.62. The van der Waals surface area contributed by atoms with Gasteiger partial charge in [0.25, 0.3) is 11.8 Å². The molecule has 3 rings (SSSR count). The minimum atomic E-state index is -0.364. The largest absolute Gasteiger partial charge is 1.00 e. The van der Waals surface area contributed by atoms with E-state index < -0.39 is 0 Å². The lowest BCUT2D eigenvalue weighted by Gasteiger charge is -2.08. The Balaban J connectivity index is 0.00000363. The molecule has 2 aromatic carbocycles. The van der Waals surface area contributed by atoms with Gasteiger partial charge in [-0.2, -0.15) is 0 Å². The summed E-state index contributed by atoms with van der Waals surface area (Å²) in [5.41, 5.74) is 0.476. The van der Waals surface area contributed by atoms with Crippen LogP contribution in [-0.4, -0.2) is 40.8 Å². The quantitative estimate of drug-likeness (QED) is 0.238. The number of phenolic OH excluding ortho intramolecular Hbond substituents is 2. The van der Waals surface area contributed by atoms with Crippen LogP contribution in [0.5, 0.6) is 23.0 Å². The first-order valence-corrected chi connectivity index (χ1v) is 9.26. The molecule has 2 amide bonds. The number of anilines is 2. The number of hydrogen-bond donors (Lipinski definition) is 4. The van der Waals surface area contributed by atoms with E-state index in [-0.39, 0.29) is 60.2 Å². The Labute approximate surface area is 190 Å². The normalized spacial score (nSPS) is 10.1. The number of carbonyl (C=O) groups excluding carboxylic acids is 2. The van der Waals surface area contributed by atoms with Crippen molar-refractivity contribution in [1.29, 1.82) is 0 Å². The summed E-state index contributed by atoms with van der Waals surface area (Å²) >= 11 is 0. The number of phenols is 2. The van der Waals surface area contributed by atoms with Gasteiger partial charge in [0.15, 0.2) is 13.1 Å². The molecule has 0 spiro atoms. The minimum Gasteiger partial charge on any atom is -1.00 e. The molecule has 0 aliphatic rings. The van der Waals surface area contributed by atoms with Gasteiger partial charge in [-0.05, 0) is 24.3 Å². The van der Waals surface area contributed by atoms with E-state index in [1.165, 1.54) is 38.5 Å². The van der Waals surface area contributed by atoms with Crippen LogP contribution in [0.15, 0.2) is 55.1 Å². The van der Waals surface area contributed by atoms with Crippen molar-refractivity contribution >= 4 is 23.2 Å². The van der Waals surface area contributed by atoms with Crippen LogP contribution in [0.2, 0.25) is 0 Å². The fourth-order valence-corrected chi connectivity index (χ4v) is 2.82. The van der Waals surface area contributed by atoms with E-state index in [1.54, 1.807) is 40.0 Å². The van der Waals surface area contributed by atoms with Crippen molar-refractivity contribution in [3.8, 4) is 23.0 Å². The number of imidazole rings is 1. The maximum Gasteiger partial charge on any atom is 0.266 e. The van der Waals surface area contributed by atoms with Gasteiger partial charge in [-0.3, -0.25) is 9.59 Å². The molecule has 11 heteroatoms. The molecule has 1 aromatic heterocycles. The molecule has 3 aromatic rings. The summed E-state index contributed by atoms with van der Waals surface area (Å²) in [7, 11) is 2.98. The number of aromatic nitrogens is 2. The van der Waals surface area contributed by atoms with Crippen molar-refractivity contribution in [1.82, 2.24) is 4.57 Å². The zero-order valence-corrected chi connectivity index (χ0v) is 18.2. The lowest BCUT2D eigenvalue weighted by molar-refractivity contribution is -0.683. The number of carbonyl (C=O) groups is 2. The van der Waals surface area contributed by atoms with E-state index in [0.29, 0.717) is 11.5 Å². The van der Waals surface area contributed by atoms with Crippen molar-refractivity contribution in [2.24, 2.45) is 0 Å². The number of nitrogens with zero attached hydrogens (tertiary/aromatic N) is 2. The first-order chi connectivity index (χ1) is 14.9. The molecule has 0 bridgehead atoms. The summed E-state index contributed by atoms with van der Waals surface area (Å²) in [5.74, 6) is 0.123. The van der Waals surface area contributed by atoms with E-state index in [0.717, 1.165) is 0 Å². The van der Waals surface area contributed by atoms with Crippen LogP contribution in [0.4, 0.5) is 11.4 Å². The lowest BCUT2D eigenvalue weighted by Crippen LogP contribution is -3.00. The zero-order valence-electron chi connectivity index (χ0n) is 17.4. The topological polar surface area (TPSA) is 126 Å². The number of ether oxygens (including phenoxy) is 2. The fourth-order valence-electron chi connectivity index (χ4n) is 2.82. The molecule has 1 heterocycles. The van der Waals surface area contributed by atoms with Crippen LogP contribution in [0.1, 0.15) is 0 Å². The third-order valence-corrected chi connectivity index (χ3v) is 4.35. The average Bonchev–Trinajstić information content (AvgIpc) is 3.17. The van der Waals surface area contributed by atoms with Crippen molar-refractivity contribution in [3.63, 3.8) is 0 Å². The van der Waals surface area contributed by atoms with Crippen LogP contribution in [-0.2, 0) is 22.7 Å². The van der Waals surface area contributed by atoms with Gasteiger partial charge in [0.1, 0.15) is 35.4 Å². The van der Waals surface area contributed by atoms with Crippen LogP contribution >= 0.6 is 0 Å². The molecule has 10 nitrogen and oxygen atoms in total. The molecule has 0 saturated heterocycles. The Morgan fingerprint density at radius 3 is 2.00 bits per heavy atom. The summed E-state index contributed by atoms with van der Waals surface area (Å²) < 4.78 is 13.3. The number of aromatic hydroxyl groups is 2. The van der Waals surface area contributed by atoms with Crippen LogP contribution in [0.25, 0.3) is 0 Å². The molecule has 0 saturated carbocycles. The summed E-state index contributed by atoms with van der Waals surface area (Å²) in [6.45, 7) is -0.0517. The van der Waals surface area contributed by atoms with Crippen LogP contribution in [0, 0.1) is 0 Å². The van der Waals surface area contributed by atoms with E-state index in [9.17, 15) is 19.8 Å².